The van der Waals surface area contributed by atoms with E-state index in [1.807, 2.05) is 0 Å². The van der Waals surface area contributed by atoms with Crippen molar-refractivity contribution >= 4 is 20.0 Å². The zero-order valence-corrected chi connectivity index (χ0v) is 15.1. The number of aromatic nitrogens is 2. The largest absolute Gasteiger partial charge is 0.464 e. The van der Waals surface area contributed by atoms with E-state index < -0.39 is 20.0 Å². The molecule has 0 aromatic carbocycles. The number of methoxy groups -OCH3 is 2. The van der Waals surface area contributed by atoms with Crippen LogP contribution < -0.4 is 0 Å². The minimum Gasteiger partial charge on any atom is -0.464 e. The summed E-state index contributed by atoms with van der Waals surface area (Å²) >= 11 is 0. The third-order valence-corrected chi connectivity index (χ3v) is 4.86. The molecule has 1 aromatic rings. The van der Waals surface area contributed by atoms with Crippen LogP contribution in [0.1, 0.15) is 26.5 Å². The van der Waals surface area contributed by atoms with Gasteiger partial charge in [0.25, 0.3) is 0 Å². The third-order valence-electron chi connectivity index (χ3n) is 3.16. The summed E-state index contributed by atoms with van der Waals surface area (Å²) in [6.07, 6.45) is 0. The Kier molecular flexibility index (Phi) is 6.30. The third kappa shape index (κ3) is 4.67. The quantitative estimate of drug-likeness (QED) is 0.433. The van der Waals surface area contributed by atoms with E-state index in [2.05, 4.69) is 29.5 Å². The maximum Gasteiger partial charge on any atom is 0.358 e. The normalized spacial score (nSPS) is 11.4. The molecule has 0 bridgehead atoms. The molecule has 22 heavy (non-hydrogen) atoms. The monoisotopic (exact) mass is 328 g/mol. The van der Waals surface area contributed by atoms with Crippen molar-refractivity contribution in [3.8, 4) is 0 Å². The van der Waals surface area contributed by atoms with Crippen molar-refractivity contribution in [3.63, 3.8) is 0 Å². The second-order valence-corrected chi connectivity index (χ2v) is 11.8. The molecule has 0 N–H and O–H groups in total. The Morgan fingerprint density at radius 1 is 1.14 bits per heavy atom. The maximum absolute atomic E-state index is 11.9. The fraction of sp³-hybridized carbons (Fsp3) is 0.643. The molecule has 0 spiro atoms. The van der Waals surface area contributed by atoms with Crippen LogP contribution in [0.25, 0.3) is 0 Å². The Labute approximate surface area is 131 Å². The summed E-state index contributed by atoms with van der Waals surface area (Å²) in [4.78, 5) is 23.6. The van der Waals surface area contributed by atoms with Gasteiger partial charge < -0.3 is 14.2 Å². The molecule has 0 aliphatic rings. The standard InChI is InChI=1S/C14H24N2O5Si/c1-10-11(13(17)19-2)15-16(12(10)14(18)20-3)9-21-7-8-22(4,5)6/h7-9H2,1-6H3. The minimum atomic E-state index is -1.19. The molecular formula is C14H24N2O5Si. The predicted molar refractivity (Wildman–Crippen MR) is 83.7 cm³/mol. The Hall–Kier alpha value is -1.67. The Morgan fingerprint density at radius 3 is 2.23 bits per heavy atom. The molecule has 0 amide bonds. The highest BCUT2D eigenvalue weighted by Crippen LogP contribution is 2.16. The van der Waals surface area contributed by atoms with Gasteiger partial charge in [0.1, 0.15) is 6.73 Å². The van der Waals surface area contributed by atoms with Gasteiger partial charge in [-0.3, -0.25) is 0 Å². The van der Waals surface area contributed by atoms with Gasteiger partial charge in [0, 0.05) is 20.2 Å². The van der Waals surface area contributed by atoms with E-state index in [4.69, 9.17) is 9.47 Å². The first-order valence-electron chi connectivity index (χ1n) is 7.03. The van der Waals surface area contributed by atoms with Gasteiger partial charge in [-0.15, -0.1) is 0 Å². The topological polar surface area (TPSA) is 79.6 Å². The average Bonchev–Trinajstić information content (AvgIpc) is 2.78. The van der Waals surface area contributed by atoms with Gasteiger partial charge >= 0.3 is 11.9 Å². The Morgan fingerprint density at radius 2 is 1.73 bits per heavy atom. The van der Waals surface area contributed by atoms with Gasteiger partial charge in [0.05, 0.1) is 14.2 Å². The van der Waals surface area contributed by atoms with Crippen LogP contribution in [-0.4, -0.2) is 50.6 Å². The maximum atomic E-state index is 11.9. The molecule has 0 aliphatic carbocycles. The van der Waals surface area contributed by atoms with Crippen molar-refractivity contribution in [1.29, 1.82) is 0 Å². The van der Waals surface area contributed by atoms with E-state index in [0.717, 1.165) is 6.04 Å². The van der Waals surface area contributed by atoms with Crippen molar-refractivity contribution in [2.24, 2.45) is 0 Å². The molecule has 124 valence electrons. The van der Waals surface area contributed by atoms with Gasteiger partial charge in [0.2, 0.25) is 0 Å². The molecule has 0 atom stereocenters. The van der Waals surface area contributed by atoms with Crippen LogP contribution in [0.5, 0.6) is 0 Å². The van der Waals surface area contributed by atoms with Gasteiger partial charge in [-0.2, -0.15) is 5.10 Å². The number of hydrogen-bond donors (Lipinski definition) is 0. The molecule has 0 saturated carbocycles. The molecule has 1 aromatic heterocycles. The summed E-state index contributed by atoms with van der Waals surface area (Å²) in [5, 5.41) is 4.11. The van der Waals surface area contributed by atoms with Gasteiger partial charge in [-0.05, 0) is 13.0 Å². The predicted octanol–water partition coefficient (Wildman–Crippen LogP) is 2.08. The second-order valence-electron chi connectivity index (χ2n) is 6.15. The number of esters is 2. The lowest BCUT2D eigenvalue weighted by Gasteiger charge is -2.15. The van der Waals surface area contributed by atoms with Crippen molar-refractivity contribution in [3.05, 3.63) is 17.0 Å². The summed E-state index contributed by atoms with van der Waals surface area (Å²) in [5.74, 6) is -1.16. The summed E-state index contributed by atoms with van der Waals surface area (Å²) in [7, 11) is 1.36. The van der Waals surface area contributed by atoms with E-state index in [1.165, 1.54) is 18.9 Å². The van der Waals surface area contributed by atoms with Crippen LogP contribution in [-0.2, 0) is 20.9 Å². The van der Waals surface area contributed by atoms with Crippen LogP contribution >= 0.6 is 0 Å². The van der Waals surface area contributed by atoms with Crippen LogP contribution in [0.15, 0.2) is 0 Å². The fourth-order valence-corrected chi connectivity index (χ4v) is 2.58. The zero-order chi connectivity index (χ0) is 16.9. The van der Waals surface area contributed by atoms with Gasteiger partial charge in [-0.1, -0.05) is 19.6 Å². The smallest absolute Gasteiger partial charge is 0.358 e. The molecule has 8 heteroatoms. The second kappa shape index (κ2) is 7.55. The van der Waals surface area contributed by atoms with Crippen molar-refractivity contribution in [2.75, 3.05) is 20.8 Å². The summed E-state index contributed by atoms with van der Waals surface area (Å²) in [6.45, 7) is 9.07. The molecular weight excluding hydrogens is 304 g/mol. The highest BCUT2D eigenvalue weighted by molar-refractivity contribution is 6.76. The molecule has 0 aliphatic heterocycles. The first-order valence-corrected chi connectivity index (χ1v) is 10.7. The molecule has 1 heterocycles. The number of hydrogen-bond acceptors (Lipinski definition) is 6. The van der Waals surface area contributed by atoms with E-state index >= 15 is 0 Å². The van der Waals surface area contributed by atoms with Crippen molar-refractivity contribution in [1.82, 2.24) is 9.78 Å². The molecule has 0 unspecified atom stereocenters. The molecule has 7 nitrogen and oxygen atoms in total. The van der Waals surface area contributed by atoms with Crippen molar-refractivity contribution < 1.29 is 23.8 Å². The van der Waals surface area contributed by atoms with E-state index in [9.17, 15) is 9.59 Å². The number of carbonyl (C=O) groups excluding carboxylic acids is 2. The lowest BCUT2D eigenvalue weighted by Crippen LogP contribution is -2.22. The SMILES string of the molecule is COC(=O)c1nn(COCC[Si](C)(C)C)c(C(=O)OC)c1C. The highest BCUT2D eigenvalue weighted by Gasteiger charge is 2.25. The van der Waals surface area contributed by atoms with Crippen LogP contribution in [0.4, 0.5) is 0 Å². The number of carbonyl (C=O) groups is 2. The zero-order valence-electron chi connectivity index (χ0n) is 14.1. The molecule has 0 fully saturated rings. The first-order chi connectivity index (χ1) is 10.2. The van der Waals surface area contributed by atoms with E-state index in [0.29, 0.717) is 12.2 Å². The highest BCUT2D eigenvalue weighted by atomic mass is 28.3. The lowest BCUT2D eigenvalue weighted by molar-refractivity contribution is 0.0508. The number of nitrogens with zero attached hydrogens (tertiary/aromatic N) is 2. The molecule has 0 radical (unpaired) electrons. The lowest BCUT2D eigenvalue weighted by atomic mass is 10.2. The fourth-order valence-electron chi connectivity index (χ4n) is 1.82. The molecule has 1 rings (SSSR count). The number of rotatable bonds is 7. The van der Waals surface area contributed by atoms with Crippen LogP contribution in [0.2, 0.25) is 25.7 Å². The summed E-state index contributed by atoms with van der Waals surface area (Å²) < 4.78 is 16.3. The Balaban J connectivity index is 2.92. The first kappa shape index (κ1) is 18.4. The van der Waals surface area contributed by atoms with E-state index in [-0.39, 0.29) is 18.1 Å². The molecule has 0 saturated heterocycles. The van der Waals surface area contributed by atoms with Crippen molar-refractivity contribution in [2.45, 2.75) is 39.3 Å². The summed E-state index contributed by atoms with van der Waals surface area (Å²) in [6, 6.07) is 1.00. The number of ether oxygens (including phenoxy) is 3. The Bertz CT molecular complexity index is 548. The van der Waals surface area contributed by atoms with Crippen LogP contribution in [0.3, 0.4) is 0 Å². The minimum absolute atomic E-state index is 0.0900. The van der Waals surface area contributed by atoms with Gasteiger partial charge in [0.15, 0.2) is 11.4 Å². The van der Waals surface area contributed by atoms with Gasteiger partial charge in [-0.25, -0.2) is 14.3 Å². The average molecular weight is 328 g/mol. The summed E-state index contributed by atoms with van der Waals surface area (Å²) in [5.41, 5.74) is 0.722. The van der Waals surface area contributed by atoms with E-state index in [1.54, 1.807) is 6.92 Å². The van der Waals surface area contributed by atoms with Crippen LogP contribution in [0, 0.1) is 6.92 Å².